The van der Waals surface area contributed by atoms with Gasteiger partial charge < -0.3 is 10.0 Å². The summed E-state index contributed by atoms with van der Waals surface area (Å²) in [5.74, 6) is 0. The van der Waals surface area contributed by atoms with Crippen molar-refractivity contribution in [1.82, 2.24) is 4.90 Å². The van der Waals surface area contributed by atoms with Crippen LogP contribution in [0.4, 0.5) is 10.5 Å². The van der Waals surface area contributed by atoms with E-state index < -0.39 is 6.09 Å². The zero-order chi connectivity index (χ0) is 15.4. The van der Waals surface area contributed by atoms with Crippen LogP contribution in [0.2, 0.25) is 0 Å². The van der Waals surface area contributed by atoms with E-state index in [4.69, 9.17) is 0 Å². The SMILES string of the molecule is CC(C)(C)[C@]12C[C@@H](CN1C(=O)O)N(c1cccc(Br)c1)C2. The Labute approximate surface area is 133 Å². The van der Waals surface area contributed by atoms with Crippen LogP contribution in [0.3, 0.4) is 0 Å². The summed E-state index contributed by atoms with van der Waals surface area (Å²) in [7, 11) is 0. The third kappa shape index (κ3) is 2.13. The molecule has 0 unspecified atom stereocenters. The number of halogens is 1. The van der Waals surface area contributed by atoms with Crippen LogP contribution in [0.15, 0.2) is 28.7 Å². The number of nitrogens with zero attached hydrogens (tertiary/aromatic N) is 2. The molecule has 2 aliphatic heterocycles. The van der Waals surface area contributed by atoms with E-state index in [1.165, 1.54) is 5.69 Å². The summed E-state index contributed by atoms with van der Waals surface area (Å²) in [5, 5.41) is 9.56. The Balaban J connectivity index is 1.97. The number of hydrogen-bond acceptors (Lipinski definition) is 2. The predicted molar refractivity (Wildman–Crippen MR) is 86.8 cm³/mol. The van der Waals surface area contributed by atoms with Crippen molar-refractivity contribution in [1.29, 1.82) is 0 Å². The largest absolute Gasteiger partial charge is 0.465 e. The first kappa shape index (κ1) is 14.7. The second-order valence-electron chi connectivity index (χ2n) is 7.14. The van der Waals surface area contributed by atoms with Crippen LogP contribution in [-0.2, 0) is 0 Å². The van der Waals surface area contributed by atoms with E-state index in [2.05, 4.69) is 53.7 Å². The first-order chi connectivity index (χ1) is 9.74. The van der Waals surface area contributed by atoms with Gasteiger partial charge in [-0.25, -0.2) is 4.79 Å². The maximum Gasteiger partial charge on any atom is 0.407 e. The highest BCUT2D eigenvalue weighted by Gasteiger charge is 2.61. The lowest BCUT2D eigenvalue weighted by molar-refractivity contribution is 0.0363. The molecule has 1 N–H and O–H groups in total. The fourth-order valence-corrected chi connectivity index (χ4v) is 4.27. The molecule has 2 saturated heterocycles. The van der Waals surface area contributed by atoms with Crippen molar-refractivity contribution in [3.8, 4) is 0 Å². The van der Waals surface area contributed by atoms with Crippen molar-refractivity contribution in [2.75, 3.05) is 18.0 Å². The van der Waals surface area contributed by atoms with Gasteiger partial charge in [0.25, 0.3) is 0 Å². The Morgan fingerprint density at radius 3 is 2.71 bits per heavy atom. The highest BCUT2D eigenvalue weighted by molar-refractivity contribution is 9.10. The predicted octanol–water partition coefficient (Wildman–Crippen LogP) is 3.81. The molecular weight excluding hydrogens is 332 g/mol. The van der Waals surface area contributed by atoms with Crippen LogP contribution < -0.4 is 4.90 Å². The Kier molecular flexibility index (Phi) is 3.24. The maximum absolute atomic E-state index is 11.6. The first-order valence-corrected chi connectivity index (χ1v) is 8.07. The monoisotopic (exact) mass is 352 g/mol. The smallest absolute Gasteiger partial charge is 0.407 e. The van der Waals surface area contributed by atoms with Gasteiger partial charge in [-0.05, 0) is 30.0 Å². The number of anilines is 1. The number of carboxylic acid groups (broad SMARTS) is 1. The molecule has 1 aromatic rings. The zero-order valence-corrected chi connectivity index (χ0v) is 14.2. The van der Waals surface area contributed by atoms with E-state index in [1.807, 2.05) is 12.1 Å². The molecule has 2 heterocycles. The normalized spacial score (nSPS) is 28.3. The molecule has 2 fully saturated rings. The van der Waals surface area contributed by atoms with Crippen LogP contribution in [0.5, 0.6) is 0 Å². The minimum absolute atomic E-state index is 0.0824. The third-order valence-corrected chi connectivity index (χ3v) is 5.62. The van der Waals surface area contributed by atoms with Gasteiger partial charge in [0.2, 0.25) is 0 Å². The average molecular weight is 353 g/mol. The van der Waals surface area contributed by atoms with Gasteiger partial charge >= 0.3 is 6.09 Å². The lowest BCUT2D eigenvalue weighted by atomic mass is 9.73. The molecule has 0 radical (unpaired) electrons. The van der Waals surface area contributed by atoms with Crippen molar-refractivity contribution in [3.63, 3.8) is 0 Å². The molecule has 2 atom stereocenters. The summed E-state index contributed by atoms with van der Waals surface area (Å²) in [6, 6.07) is 8.54. The van der Waals surface area contributed by atoms with Crippen LogP contribution in [0.25, 0.3) is 0 Å². The number of carbonyl (C=O) groups is 1. The molecule has 2 aliphatic rings. The molecule has 5 heteroatoms. The highest BCUT2D eigenvalue weighted by atomic mass is 79.9. The summed E-state index contributed by atoms with van der Waals surface area (Å²) >= 11 is 3.52. The summed E-state index contributed by atoms with van der Waals surface area (Å²) < 4.78 is 1.06. The molecule has 1 aromatic carbocycles. The van der Waals surface area contributed by atoms with Crippen molar-refractivity contribution >= 4 is 27.7 Å². The molecule has 3 rings (SSSR count). The van der Waals surface area contributed by atoms with Gasteiger partial charge in [0.05, 0.1) is 5.54 Å². The zero-order valence-electron chi connectivity index (χ0n) is 12.6. The lowest BCUT2D eigenvalue weighted by Gasteiger charge is -2.48. The van der Waals surface area contributed by atoms with Crippen LogP contribution in [0, 0.1) is 5.41 Å². The molecule has 1 amide bonds. The molecule has 0 spiro atoms. The van der Waals surface area contributed by atoms with Gasteiger partial charge in [0.15, 0.2) is 0 Å². The number of fused-ring (bicyclic) bond motifs is 2. The van der Waals surface area contributed by atoms with Crippen molar-refractivity contribution in [2.45, 2.75) is 38.8 Å². The number of amides is 1. The fourth-order valence-electron chi connectivity index (χ4n) is 3.89. The van der Waals surface area contributed by atoms with E-state index in [0.717, 1.165) is 17.4 Å². The van der Waals surface area contributed by atoms with E-state index >= 15 is 0 Å². The van der Waals surface area contributed by atoms with Gasteiger partial charge in [-0.1, -0.05) is 42.8 Å². The summed E-state index contributed by atoms with van der Waals surface area (Å²) in [5.41, 5.74) is 0.790. The Bertz CT molecular complexity index is 584. The number of rotatable bonds is 1. The standard InChI is InChI=1S/C16H21BrN2O2/c1-15(2,3)16-8-13(9-19(16)14(20)21)18(10-16)12-6-4-5-11(17)7-12/h4-7,13H,8-10H2,1-3H3,(H,20,21)/t13-,16+/m0/s1. The fraction of sp³-hybridized carbons (Fsp3) is 0.562. The van der Waals surface area contributed by atoms with Gasteiger partial charge in [0.1, 0.15) is 0 Å². The molecule has 21 heavy (non-hydrogen) atoms. The topological polar surface area (TPSA) is 43.8 Å². The third-order valence-electron chi connectivity index (χ3n) is 5.12. The summed E-state index contributed by atoms with van der Waals surface area (Å²) in [4.78, 5) is 15.7. The molecular formula is C16H21BrN2O2. The maximum atomic E-state index is 11.6. The molecule has 114 valence electrons. The lowest BCUT2D eigenvalue weighted by Crippen LogP contribution is -2.61. The number of likely N-dealkylation sites (tertiary alicyclic amines) is 1. The second-order valence-corrected chi connectivity index (χ2v) is 8.06. The van der Waals surface area contributed by atoms with Crippen molar-refractivity contribution in [2.24, 2.45) is 5.41 Å². The van der Waals surface area contributed by atoms with Crippen LogP contribution in [0.1, 0.15) is 27.2 Å². The van der Waals surface area contributed by atoms with E-state index in [-0.39, 0.29) is 17.0 Å². The Morgan fingerprint density at radius 2 is 2.14 bits per heavy atom. The Morgan fingerprint density at radius 1 is 1.43 bits per heavy atom. The van der Waals surface area contributed by atoms with E-state index in [1.54, 1.807) is 4.90 Å². The van der Waals surface area contributed by atoms with Gasteiger partial charge in [-0.2, -0.15) is 0 Å². The van der Waals surface area contributed by atoms with Gasteiger partial charge in [0, 0.05) is 29.3 Å². The summed E-state index contributed by atoms with van der Waals surface area (Å²) in [6.07, 6.45) is 0.122. The van der Waals surface area contributed by atoms with Crippen molar-refractivity contribution < 1.29 is 9.90 Å². The molecule has 2 bridgehead atoms. The van der Waals surface area contributed by atoms with Gasteiger partial charge in [-0.3, -0.25) is 4.90 Å². The second kappa shape index (κ2) is 4.63. The molecule has 0 saturated carbocycles. The summed E-state index contributed by atoms with van der Waals surface area (Å²) in [6.45, 7) is 7.81. The van der Waals surface area contributed by atoms with Crippen LogP contribution in [-0.4, -0.2) is 40.8 Å². The quantitative estimate of drug-likeness (QED) is 0.835. The number of benzene rings is 1. The minimum atomic E-state index is -0.790. The Hall–Kier alpha value is -1.23. The first-order valence-electron chi connectivity index (χ1n) is 7.27. The van der Waals surface area contributed by atoms with Crippen LogP contribution >= 0.6 is 15.9 Å². The molecule has 0 aromatic heterocycles. The van der Waals surface area contributed by atoms with Crippen molar-refractivity contribution in [3.05, 3.63) is 28.7 Å². The molecule has 4 nitrogen and oxygen atoms in total. The van der Waals surface area contributed by atoms with E-state index in [0.29, 0.717) is 6.54 Å². The number of hydrogen-bond donors (Lipinski definition) is 1. The van der Waals surface area contributed by atoms with Gasteiger partial charge in [-0.15, -0.1) is 0 Å². The van der Waals surface area contributed by atoms with E-state index in [9.17, 15) is 9.90 Å². The average Bonchev–Trinajstić information content (AvgIpc) is 2.94. The highest BCUT2D eigenvalue weighted by Crippen LogP contribution is 2.51. The molecule has 0 aliphatic carbocycles. The minimum Gasteiger partial charge on any atom is -0.465 e. The number of piperazine rings is 1.